The van der Waals surface area contributed by atoms with Gasteiger partial charge in [-0.3, -0.25) is 14.4 Å². The average molecular weight is 251 g/mol. The zero-order valence-electron chi connectivity index (χ0n) is 11.1. The zero-order valence-corrected chi connectivity index (χ0v) is 11.1. The number of nitrogens with zero attached hydrogens (tertiary/aromatic N) is 3. The Morgan fingerprint density at radius 3 is 2.72 bits per heavy atom. The van der Waals surface area contributed by atoms with Crippen LogP contribution in [0.25, 0.3) is 0 Å². The van der Waals surface area contributed by atoms with Crippen LogP contribution in [-0.2, 0) is 11.8 Å². The molecular formula is C12H17N3O3. The molecular weight excluding hydrogens is 234 g/mol. The van der Waals surface area contributed by atoms with Crippen molar-refractivity contribution in [3.05, 3.63) is 11.8 Å². The number of ether oxygens (including phenoxy) is 1. The number of Topliss-reactive ketones (excluding diaryl/α,β-unsaturated/α-hetero) is 1. The Morgan fingerprint density at radius 2 is 2.11 bits per heavy atom. The Morgan fingerprint density at radius 1 is 1.44 bits per heavy atom. The number of carbonyl (C=O) groups is 2. The minimum atomic E-state index is -0.558. The SMILES string of the molecule is Cn1ncc2c1N(C(=O)OC(C)(C)C)CCC2=O. The lowest BCUT2D eigenvalue weighted by Gasteiger charge is -2.29. The van der Waals surface area contributed by atoms with Crippen LogP contribution in [0.1, 0.15) is 37.6 Å². The third kappa shape index (κ3) is 2.23. The number of amides is 1. The maximum absolute atomic E-state index is 12.1. The van der Waals surface area contributed by atoms with Crippen LogP contribution in [-0.4, -0.2) is 33.8 Å². The monoisotopic (exact) mass is 251 g/mol. The van der Waals surface area contributed by atoms with E-state index in [0.29, 0.717) is 24.3 Å². The fourth-order valence-electron chi connectivity index (χ4n) is 1.90. The van der Waals surface area contributed by atoms with Gasteiger partial charge in [0.1, 0.15) is 11.4 Å². The highest BCUT2D eigenvalue weighted by molar-refractivity contribution is 6.06. The first kappa shape index (κ1) is 12.6. The first-order valence-corrected chi connectivity index (χ1v) is 5.85. The molecule has 1 aromatic rings. The van der Waals surface area contributed by atoms with Gasteiger partial charge >= 0.3 is 6.09 Å². The van der Waals surface area contributed by atoms with Crippen molar-refractivity contribution < 1.29 is 14.3 Å². The van der Waals surface area contributed by atoms with E-state index >= 15 is 0 Å². The zero-order chi connectivity index (χ0) is 13.5. The number of rotatable bonds is 0. The fourth-order valence-corrected chi connectivity index (χ4v) is 1.90. The molecule has 0 saturated heterocycles. The highest BCUT2D eigenvalue weighted by atomic mass is 16.6. The summed E-state index contributed by atoms with van der Waals surface area (Å²) < 4.78 is 6.85. The third-order valence-corrected chi connectivity index (χ3v) is 2.64. The second kappa shape index (κ2) is 4.12. The van der Waals surface area contributed by atoms with Gasteiger partial charge in [-0.05, 0) is 20.8 Å². The molecule has 1 aliphatic heterocycles. The van der Waals surface area contributed by atoms with Crippen molar-refractivity contribution in [3.8, 4) is 0 Å². The molecule has 0 aliphatic carbocycles. The summed E-state index contributed by atoms with van der Waals surface area (Å²) in [4.78, 5) is 25.3. The van der Waals surface area contributed by atoms with Crippen molar-refractivity contribution in [2.24, 2.45) is 7.05 Å². The second-order valence-electron chi connectivity index (χ2n) is 5.31. The van der Waals surface area contributed by atoms with Gasteiger partial charge in [0.15, 0.2) is 5.78 Å². The number of aryl methyl sites for hydroxylation is 1. The number of hydrogen-bond donors (Lipinski definition) is 0. The lowest BCUT2D eigenvalue weighted by Crippen LogP contribution is -2.41. The van der Waals surface area contributed by atoms with Gasteiger partial charge in [0.2, 0.25) is 0 Å². The summed E-state index contributed by atoms with van der Waals surface area (Å²) in [7, 11) is 1.70. The molecule has 1 aromatic heterocycles. The molecule has 0 aromatic carbocycles. The molecule has 6 heteroatoms. The number of carbonyl (C=O) groups excluding carboxylic acids is 2. The highest BCUT2D eigenvalue weighted by Crippen LogP contribution is 2.27. The molecule has 1 aliphatic rings. The van der Waals surface area contributed by atoms with Crippen LogP contribution in [0.5, 0.6) is 0 Å². The minimum Gasteiger partial charge on any atom is -0.443 e. The largest absolute Gasteiger partial charge is 0.443 e. The summed E-state index contributed by atoms with van der Waals surface area (Å²) in [5.41, 5.74) is -0.0771. The molecule has 98 valence electrons. The lowest BCUT2D eigenvalue weighted by molar-refractivity contribution is 0.0575. The topological polar surface area (TPSA) is 64.4 Å². The van der Waals surface area contributed by atoms with Crippen molar-refractivity contribution in [1.82, 2.24) is 9.78 Å². The molecule has 0 unspecified atom stereocenters. The van der Waals surface area contributed by atoms with Crippen LogP contribution in [0.2, 0.25) is 0 Å². The number of anilines is 1. The highest BCUT2D eigenvalue weighted by Gasteiger charge is 2.33. The molecule has 0 N–H and O–H groups in total. The van der Waals surface area contributed by atoms with E-state index in [1.165, 1.54) is 15.8 Å². The van der Waals surface area contributed by atoms with Crippen molar-refractivity contribution in [1.29, 1.82) is 0 Å². The number of fused-ring (bicyclic) bond motifs is 1. The van der Waals surface area contributed by atoms with Crippen molar-refractivity contribution in [2.75, 3.05) is 11.4 Å². The van der Waals surface area contributed by atoms with Crippen LogP contribution < -0.4 is 4.90 Å². The van der Waals surface area contributed by atoms with Gasteiger partial charge in [-0.15, -0.1) is 0 Å². The van der Waals surface area contributed by atoms with Crippen LogP contribution in [0.15, 0.2) is 6.20 Å². The van der Waals surface area contributed by atoms with Crippen molar-refractivity contribution >= 4 is 17.7 Å². The van der Waals surface area contributed by atoms with Gasteiger partial charge in [-0.1, -0.05) is 0 Å². The third-order valence-electron chi connectivity index (χ3n) is 2.64. The van der Waals surface area contributed by atoms with E-state index in [1.807, 2.05) is 20.8 Å². The van der Waals surface area contributed by atoms with E-state index in [4.69, 9.17) is 4.74 Å². The Bertz CT molecular complexity index is 499. The second-order valence-corrected chi connectivity index (χ2v) is 5.31. The maximum Gasteiger partial charge on any atom is 0.416 e. The predicted molar refractivity (Wildman–Crippen MR) is 65.7 cm³/mol. The first-order valence-electron chi connectivity index (χ1n) is 5.85. The van der Waals surface area contributed by atoms with E-state index < -0.39 is 11.7 Å². The van der Waals surface area contributed by atoms with E-state index in [0.717, 1.165) is 0 Å². The minimum absolute atomic E-state index is 0.0120. The Kier molecular flexibility index (Phi) is 2.88. The van der Waals surface area contributed by atoms with Crippen molar-refractivity contribution in [2.45, 2.75) is 32.8 Å². The van der Waals surface area contributed by atoms with E-state index in [1.54, 1.807) is 7.05 Å². The van der Waals surface area contributed by atoms with E-state index in [2.05, 4.69) is 5.10 Å². The standard InChI is InChI=1S/C12H17N3O3/c1-12(2,3)18-11(17)15-6-5-9(16)8-7-13-14(4)10(8)15/h7H,5-6H2,1-4H3. The van der Waals surface area contributed by atoms with Crippen LogP contribution in [0.3, 0.4) is 0 Å². The summed E-state index contributed by atoms with van der Waals surface area (Å²) in [6.07, 6.45) is 1.35. The molecule has 0 radical (unpaired) electrons. The Labute approximate surface area is 106 Å². The van der Waals surface area contributed by atoms with Gasteiger partial charge < -0.3 is 4.74 Å². The smallest absolute Gasteiger partial charge is 0.416 e. The molecule has 0 saturated carbocycles. The van der Waals surface area contributed by atoms with E-state index in [9.17, 15) is 9.59 Å². The molecule has 2 rings (SSSR count). The Hall–Kier alpha value is -1.85. The van der Waals surface area contributed by atoms with Gasteiger partial charge in [-0.2, -0.15) is 5.10 Å². The average Bonchev–Trinajstić information content (AvgIpc) is 2.60. The Balaban J connectivity index is 2.31. The number of hydrogen-bond acceptors (Lipinski definition) is 4. The molecule has 0 spiro atoms. The van der Waals surface area contributed by atoms with Crippen LogP contribution >= 0.6 is 0 Å². The lowest BCUT2D eigenvalue weighted by atomic mass is 10.1. The van der Waals surface area contributed by atoms with Crippen LogP contribution in [0.4, 0.5) is 10.6 Å². The predicted octanol–water partition coefficient (Wildman–Crippen LogP) is 1.75. The number of aromatic nitrogens is 2. The van der Waals surface area contributed by atoms with Gasteiger partial charge in [0, 0.05) is 20.0 Å². The molecule has 0 bridgehead atoms. The molecule has 0 atom stereocenters. The quantitative estimate of drug-likeness (QED) is 0.704. The molecule has 0 fully saturated rings. The first-order chi connectivity index (χ1) is 8.29. The summed E-state index contributed by atoms with van der Waals surface area (Å²) >= 11 is 0. The molecule has 6 nitrogen and oxygen atoms in total. The molecule has 1 amide bonds. The van der Waals surface area contributed by atoms with E-state index in [-0.39, 0.29) is 5.78 Å². The number of ketones is 1. The molecule has 2 heterocycles. The van der Waals surface area contributed by atoms with Crippen molar-refractivity contribution in [3.63, 3.8) is 0 Å². The molecule has 18 heavy (non-hydrogen) atoms. The van der Waals surface area contributed by atoms with Gasteiger partial charge in [0.25, 0.3) is 0 Å². The normalized spacial score (nSPS) is 15.6. The summed E-state index contributed by atoms with van der Waals surface area (Å²) in [5.74, 6) is 0.526. The van der Waals surface area contributed by atoms with Crippen LogP contribution in [0, 0.1) is 0 Å². The van der Waals surface area contributed by atoms with Gasteiger partial charge in [0.05, 0.1) is 11.8 Å². The summed E-state index contributed by atoms with van der Waals surface area (Å²) in [6, 6.07) is 0. The van der Waals surface area contributed by atoms with Gasteiger partial charge in [-0.25, -0.2) is 4.79 Å². The fraction of sp³-hybridized carbons (Fsp3) is 0.583. The summed E-state index contributed by atoms with van der Waals surface area (Å²) in [6.45, 7) is 5.76. The summed E-state index contributed by atoms with van der Waals surface area (Å²) in [5, 5.41) is 4.02. The maximum atomic E-state index is 12.1.